The molecule has 1 heterocycles. The number of nitrogens with zero attached hydrogens (tertiary/aromatic N) is 1. The van der Waals surface area contributed by atoms with Gasteiger partial charge in [0.25, 0.3) is 0 Å². The van der Waals surface area contributed by atoms with E-state index < -0.39 is 0 Å². The highest BCUT2D eigenvalue weighted by Crippen LogP contribution is 2.20. The molecule has 0 aromatic rings. The number of rotatable bonds is 10. The minimum atomic E-state index is 0.203. The molecule has 1 rings (SSSR count). The predicted molar refractivity (Wildman–Crippen MR) is 75.9 cm³/mol. The van der Waals surface area contributed by atoms with E-state index in [4.69, 9.17) is 14.7 Å². The summed E-state index contributed by atoms with van der Waals surface area (Å²) in [6, 6.07) is 2.21. The van der Waals surface area contributed by atoms with Gasteiger partial charge in [0, 0.05) is 26.2 Å². The first-order valence-corrected chi connectivity index (χ1v) is 7.41. The quantitative estimate of drug-likeness (QED) is 0.618. The van der Waals surface area contributed by atoms with Gasteiger partial charge in [0.2, 0.25) is 0 Å². The third-order valence-electron chi connectivity index (χ3n) is 3.49. The highest BCUT2D eigenvalue weighted by molar-refractivity contribution is 4.78. The van der Waals surface area contributed by atoms with Crippen molar-refractivity contribution in [2.24, 2.45) is 5.41 Å². The van der Waals surface area contributed by atoms with Crippen LogP contribution in [-0.4, -0.2) is 39.0 Å². The van der Waals surface area contributed by atoms with Gasteiger partial charge in [-0.25, -0.2) is 0 Å². The van der Waals surface area contributed by atoms with Crippen molar-refractivity contribution in [2.75, 3.05) is 32.9 Å². The molecule has 0 amide bonds. The molecule has 0 radical (unpaired) electrons. The Bertz CT molecular complexity index is 268. The zero-order chi connectivity index (χ0) is 14.0. The van der Waals surface area contributed by atoms with Crippen molar-refractivity contribution in [3.05, 3.63) is 0 Å². The van der Waals surface area contributed by atoms with E-state index in [0.717, 1.165) is 52.2 Å². The van der Waals surface area contributed by atoms with Crippen molar-refractivity contribution >= 4 is 0 Å². The highest BCUT2D eigenvalue weighted by Gasteiger charge is 2.17. The first-order valence-electron chi connectivity index (χ1n) is 7.41. The standard InChI is InChI=1S/C15H28N2O2/c1-15(2,7-4-8-16)13-17-9-5-10-18-12-14-6-3-11-19-14/h14,17H,3-7,9-13H2,1-2H3. The van der Waals surface area contributed by atoms with Crippen molar-refractivity contribution in [1.29, 1.82) is 5.26 Å². The summed E-state index contributed by atoms with van der Waals surface area (Å²) in [5, 5.41) is 12.0. The average Bonchev–Trinajstić information content (AvgIpc) is 2.88. The van der Waals surface area contributed by atoms with Crippen molar-refractivity contribution in [1.82, 2.24) is 5.32 Å². The van der Waals surface area contributed by atoms with Gasteiger partial charge >= 0.3 is 0 Å². The number of ether oxygens (including phenoxy) is 2. The first kappa shape index (κ1) is 16.4. The summed E-state index contributed by atoms with van der Waals surface area (Å²) in [5.41, 5.74) is 0.203. The highest BCUT2D eigenvalue weighted by atomic mass is 16.5. The molecule has 0 aromatic carbocycles. The third kappa shape index (κ3) is 8.20. The summed E-state index contributed by atoms with van der Waals surface area (Å²) in [6.07, 6.45) is 5.27. The number of nitrogens with one attached hydrogen (secondary N) is 1. The summed E-state index contributed by atoms with van der Waals surface area (Å²) in [6.45, 7) is 8.77. The lowest BCUT2D eigenvalue weighted by Gasteiger charge is -2.23. The Morgan fingerprint density at radius 2 is 2.32 bits per heavy atom. The Morgan fingerprint density at radius 3 is 3.00 bits per heavy atom. The van der Waals surface area contributed by atoms with E-state index in [9.17, 15) is 0 Å². The first-order chi connectivity index (χ1) is 9.14. The average molecular weight is 268 g/mol. The van der Waals surface area contributed by atoms with E-state index >= 15 is 0 Å². The lowest BCUT2D eigenvalue weighted by Crippen LogP contribution is -2.30. The molecule has 0 saturated carbocycles. The maximum Gasteiger partial charge on any atom is 0.0809 e. The normalized spacial score (nSPS) is 19.5. The van der Waals surface area contributed by atoms with Crippen molar-refractivity contribution < 1.29 is 9.47 Å². The molecule has 19 heavy (non-hydrogen) atoms. The van der Waals surface area contributed by atoms with E-state index in [1.807, 2.05) is 0 Å². The van der Waals surface area contributed by atoms with Crippen LogP contribution in [0, 0.1) is 16.7 Å². The lowest BCUT2D eigenvalue weighted by molar-refractivity contribution is 0.0165. The van der Waals surface area contributed by atoms with E-state index in [1.54, 1.807) is 0 Å². The van der Waals surface area contributed by atoms with Crippen LogP contribution >= 0.6 is 0 Å². The summed E-state index contributed by atoms with van der Waals surface area (Å²) in [4.78, 5) is 0. The summed E-state index contributed by atoms with van der Waals surface area (Å²) >= 11 is 0. The van der Waals surface area contributed by atoms with Gasteiger partial charge in [-0.15, -0.1) is 0 Å². The van der Waals surface area contributed by atoms with Crippen LogP contribution in [0.2, 0.25) is 0 Å². The molecule has 1 fully saturated rings. The molecule has 1 aliphatic rings. The SMILES string of the molecule is CC(C)(CCC#N)CNCCCOCC1CCCO1. The minimum absolute atomic E-state index is 0.203. The van der Waals surface area contributed by atoms with Crippen LogP contribution < -0.4 is 5.32 Å². The molecule has 1 saturated heterocycles. The van der Waals surface area contributed by atoms with Gasteiger partial charge in [-0.3, -0.25) is 0 Å². The largest absolute Gasteiger partial charge is 0.379 e. The van der Waals surface area contributed by atoms with Crippen molar-refractivity contribution in [2.45, 2.75) is 52.1 Å². The van der Waals surface area contributed by atoms with E-state index in [0.29, 0.717) is 12.5 Å². The Kier molecular flexibility index (Phi) is 8.04. The molecule has 0 spiro atoms. The lowest BCUT2D eigenvalue weighted by atomic mass is 9.88. The number of hydrogen-bond donors (Lipinski definition) is 1. The zero-order valence-corrected chi connectivity index (χ0v) is 12.4. The van der Waals surface area contributed by atoms with Crippen LogP contribution in [0.3, 0.4) is 0 Å². The van der Waals surface area contributed by atoms with Gasteiger partial charge in [0.05, 0.1) is 18.8 Å². The van der Waals surface area contributed by atoms with E-state index in [-0.39, 0.29) is 5.41 Å². The van der Waals surface area contributed by atoms with Crippen LogP contribution in [0.15, 0.2) is 0 Å². The second-order valence-electron chi connectivity index (χ2n) is 6.06. The maximum absolute atomic E-state index is 8.59. The maximum atomic E-state index is 8.59. The van der Waals surface area contributed by atoms with Gasteiger partial charge in [-0.1, -0.05) is 13.8 Å². The van der Waals surface area contributed by atoms with E-state index in [1.165, 1.54) is 6.42 Å². The minimum Gasteiger partial charge on any atom is -0.379 e. The fourth-order valence-corrected chi connectivity index (χ4v) is 2.20. The monoisotopic (exact) mass is 268 g/mol. The molecule has 4 heteroatoms. The molecule has 0 aromatic heterocycles. The summed E-state index contributed by atoms with van der Waals surface area (Å²) < 4.78 is 11.1. The fourth-order valence-electron chi connectivity index (χ4n) is 2.20. The van der Waals surface area contributed by atoms with Crippen LogP contribution in [0.25, 0.3) is 0 Å². The molecular weight excluding hydrogens is 240 g/mol. The van der Waals surface area contributed by atoms with Gasteiger partial charge in [0.1, 0.15) is 0 Å². The Labute approximate surface area is 117 Å². The number of hydrogen-bond acceptors (Lipinski definition) is 4. The molecular formula is C15H28N2O2. The smallest absolute Gasteiger partial charge is 0.0809 e. The molecule has 1 unspecified atom stereocenters. The van der Waals surface area contributed by atoms with Crippen LogP contribution in [0.1, 0.15) is 46.0 Å². The molecule has 1 atom stereocenters. The van der Waals surface area contributed by atoms with E-state index in [2.05, 4.69) is 25.2 Å². The van der Waals surface area contributed by atoms with Crippen LogP contribution in [-0.2, 0) is 9.47 Å². The molecule has 1 aliphatic heterocycles. The second-order valence-corrected chi connectivity index (χ2v) is 6.06. The third-order valence-corrected chi connectivity index (χ3v) is 3.49. The van der Waals surface area contributed by atoms with Gasteiger partial charge in [0.15, 0.2) is 0 Å². The Balaban J connectivity index is 1.88. The predicted octanol–water partition coefficient (Wildman–Crippen LogP) is 2.49. The topological polar surface area (TPSA) is 54.3 Å². The summed E-state index contributed by atoms with van der Waals surface area (Å²) in [7, 11) is 0. The van der Waals surface area contributed by atoms with Gasteiger partial charge in [-0.2, -0.15) is 5.26 Å². The Hall–Kier alpha value is -0.630. The van der Waals surface area contributed by atoms with Crippen LogP contribution in [0.5, 0.6) is 0 Å². The number of nitriles is 1. The molecule has 0 bridgehead atoms. The second kappa shape index (κ2) is 9.30. The molecule has 110 valence electrons. The summed E-state index contributed by atoms with van der Waals surface area (Å²) in [5.74, 6) is 0. The molecule has 4 nitrogen and oxygen atoms in total. The zero-order valence-electron chi connectivity index (χ0n) is 12.4. The van der Waals surface area contributed by atoms with Crippen LogP contribution in [0.4, 0.5) is 0 Å². The van der Waals surface area contributed by atoms with Crippen molar-refractivity contribution in [3.63, 3.8) is 0 Å². The van der Waals surface area contributed by atoms with Gasteiger partial charge in [-0.05, 0) is 37.6 Å². The molecule has 0 aliphatic carbocycles. The fraction of sp³-hybridized carbons (Fsp3) is 0.933. The van der Waals surface area contributed by atoms with Crippen molar-refractivity contribution in [3.8, 4) is 6.07 Å². The Morgan fingerprint density at radius 1 is 1.47 bits per heavy atom. The van der Waals surface area contributed by atoms with Gasteiger partial charge < -0.3 is 14.8 Å². The molecule has 1 N–H and O–H groups in total.